The van der Waals surface area contributed by atoms with Gasteiger partial charge in [-0.05, 0) is 38.0 Å². The van der Waals surface area contributed by atoms with Crippen molar-refractivity contribution in [3.05, 3.63) is 0 Å². The quantitative estimate of drug-likeness (QED) is 0.653. The molecule has 1 aliphatic carbocycles. The molecule has 0 aromatic carbocycles. The van der Waals surface area contributed by atoms with Gasteiger partial charge in [0.2, 0.25) is 0 Å². The van der Waals surface area contributed by atoms with Gasteiger partial charge in [0.25, 0.3) is 0 Å². The molecule has 1 rings (SSSR count). The first kappa shape index (κ1) is 12.4. The molecule has 0 bridgehead atoms. The van der Waals surface area contributed by atoms with Gasteiger partial charge in [-0.15, -0.1) is 0 Å². The molecule has 1 aliphatic rings. The number of thioether (sulfide) groups is 1. The van der Waals surface area contributed by atoms with E-state index in [0.717, 1.165) is 17.8 Å². The van der Waals surface area contributed by atoms with Gasteiger partial charge >= 0.3 is 0 Å². The largest absolute Gasteiger partial charge is 0.314 e. The van der Waals surface area contributed by atoms with Crippen molar-refractivity contribution in [2.45, 2.75) is 63.7 Å². The minimum absolute atomic E-state index is 0.823. The summed E-state index contributed by atoms with van der Waals surface area (Å²) in [6.45, 7) is 5.63. The van der Waals surface area contributed by atoms with Crippen LogP contribution in [0.2, 0.25) is 0 Å². The highest BCUT2D eigenvalue weighted by atomic mass is 32.2. The Labute approximate surface area is 93.4 Å². The van der Waals surface area contributed by atoms with Gasteiger partial charge in [-0.1, -0.05) is 26.7 Å². The predicted molar refractivity (Wildman–Crippen MR) is 67.1 cm³/mol. The lowest BCUT2D eigenvalue weighted by Crippen LogP contribution is -2.26. The SMILES string of the molecule is CCCCCSC1CCC(NCC)C1. The number of nitrogens with one attached hydrogen (secondary N) is 1. The van der Waals surface area contributed by atoms with Crippen molar-refractivity contribution in [1.29, 1.82) is 0 Å². The van der Waals surface area contributed by atoms with E-state index in [-0.39, 0.29) is 0 Å². The van der Waals surface area contributed by atoms with E-state index < -0.39 is 0 Å². The summed E-state index contributed by atoms with van der Waals surface area (Å²) in [6.07, 6.45) is 8.43. The Balaban J connectivity index is 1.98. The van der Waals surface area contributed by atoms with Crippen LogP contribution in [0.3, 0.4) is 0 Å². The zero-order chi connectivity index (χ0) is 10.2. The van der Waals surface area contributed by atoms with E-state index >= 15 is 0 Å². The Kier molecular flexibility index (Phi) is 6.70. The molecular weight excluding hydrogens is 190 g/mol. The lowest BCUT2D eigenvalue weighted by Gasteiger charge is -2.11. The van der Waals surface area contributed by atoms with Crippen LogP contribution in [0.1, 0.15) is 52.4 Å². The van der Waals surface area contributed by atoms with Gasteiger partial charge in [-0.25, -0.2) is 0 Å². The zero-order valence-electron chi connectivity index (χ0n) is 9.72. The fourth-order valence-electron chi connectivity index (χ4n) is 2.17. The van der Waals surface area contributed by atoms with Crippen molar-refractivity contribution in [3.63, 3.8) is 0 Å². The van der Waals surface area contributed by atoms with Crippen molar-refractivity contribution < 1.29 is 0 Å². The third-order valence-corrected chi connectivity index (χ3v) is 4.40. The van der Waals surface area contributed by atoms with Crippen molar-refractivity contribution in [3.8, 4) is 0 Å². The van der Waals surface area contributed by atoms with Gasteiger partial charge in [0.15, 0.2) is 0 Å². The van der Waals surface area contributed by atoms with Gasteiger partial charge < -0.3 is 5.32 Å². The van der Waals surface area contributed by atoms with Crippen molar-refractivity contribution in [2.24, 2.45) is 0 Å². The van der Waals surface area contributed by atoms with Gasteiger partial charge in [0, 0.05) is 11.3 Å². The molecule has 0 aromatic rings. The average Bonchev–Trinajstić information content (AvgIpc) is 2.61. The first-order chi connectivity index (χ1) is 6.86. The highest BCUT2D eigenvalue weighted by Crippen LogP contribution is 2.30. The summed E-state index contributed by atoms with van der Waals surface area (Å²) in [5.74, 6) is 1.39. The Morgan fingerprint density at radius 1 is 1.21 bits per heavy atom. The Morgan fingerprint density at radius 2 is 2.07 bits per heavy atom. The molecule has 84 valence electrons. The predicted octanol–water partition coefficient (Wildman–Crippen LogP) is 3.44. The van der Waals surface area contributed by atoms with Crippen LogP contribution in [-0.2, 0) is 0 Å². The Morgan fingerprint density at radius 3 is 2.79 bits per heavy atom. The van der Waals surface area contributed by atoms with E-state index in [2.05, 4.69) is 30.9 Å². The number of hydrogen-bond donors (Lipinski definition) is 1. The zero-order valence-corrected chi connectivity index (χ0v) is 10.5. The fraction of sp³-hybridized carbons (Fsp3) is 1.00. The molecule has 14 heavy (non-hydrogen) atoms. The van der Waals surface area contributed by atoms with E-state index in [1.807, 2.05) is 0 Å². The lowest BCUT2D eigenvalue weighted by molar-refractivity contribution is 0.543. The molecule has 0 saturated heterocycles. The number of rotatable bonds is 7. The molecule has 2 atom stereocenters. The van der Waals surface area contributed by atoms with Crippen LogP contribution < -0.4 is 5.32 Å². The Hall–Kier alpha value is 0.310. The van der Waals surface area contributed by atoms with Crippen LogP contribution in [0.4, 0.5) is 0 Å². The molecule has 0 amide bonds. The van der Waals surface area contributed by atoms with E-state index in [0.29, 0.717) is 0 Å². The minimum atomic E-state index is 0.823. The third kappa shape index (κ3) is 4.70. The molecule has 0 spiro atoms. The molecule has 2 unspecified atom stereocenters. The second-order valence-corrected chi connectivity index (χ2v) is 5.68. The maximum absolute atomic E-state index is 3.56. The summed E-state index contributed by atoms with van der Waals surface area (Å²) in [4.78, 5) is 0. The Bertz CT molecular complexity index is 138. The van der Waals surface area contributed by atoms with Crippen LogP contribution in [0.5, 0.6) is 0 Å². The first-order valence-electron chi connectivity index (χ1n) is 6.21. The molecule has 0 aromatic heterocycles. The molecular formula is C12H25NS. The normalized spacial score (nSPS) is 27.0. The molecule has 1 saturated carbocycles. The van der Waals surface area contributed by atoms with Gasteiger partial charge in [-0.2, -0.15) is 11.8 Å². The van der Waals surface area contributed by atoms with Crippen molar-refractivity contribution in [1.82, 2.24) is 5.32 Å². The number of hydrogen-bond acceptors (Lipinski definition) is 2. The molecule has 0 radical (unpaired) electrons. The molecule has 1 fully saturated rings. The monoisotopic (exact) mass is 215 g/mol. The van der Waals surface area contributed by atoms with Crippen LogP contribution in [0, 0.1) is 0 Å². The smallest absolute Gasteiger partial charge is 0.00778 e. The van der Waals surface area contributed by atoms with Crippen molar-refractivity contribution in [2.75, 3.05) is 12.3 Å². The highest BCUT2D eigenvalue weighted by molar-refractivity contribution is 7.99. The average molecular weight is 215 g/mol. The second kappa shape index (κ2) is 7.58. The van der Waals surface area contributed by atoms with Crippen LogP contribution in [0.15, 0.2) is 0 Å². The van der Waals surface area contributed by atoms with Crippen LogP contribution >= 0.6 is 11.8 Å². The van der Waals surface area contributed by atoms with E-state index in [4.69, 9.17) is 0 Å². The summed E-state index contributed by atoms with van der Waals surface area (Å²) in [5, 5.41) is 4.52. The second-order valence-electron chi connectivity index (χ2n) is 4.27. The lowest BCUT2D eigenvalue weighted by atomic mass is 10.2. The van der Waals surface area contributed by atoms with Gasteiger partial charge in [-0.3, -0.25) is 0 Å². The van der Waals surface area contributed by atoms with Crippen LogP contribution in [-0.4, -0.2) is 23.6 Å². The summed E-state index contributed by atoms with van der Waals surface area (Å²) < 4.78 is 0. The first-order valence-corrected chi connectivity index (χ1v) is 7.26. The van der Waals surface area contributed by atoms with E-state index in [1.54, 1.807) is 0 Å². The molecule has 0 aliphatic heterocycles. The third-order valence-electron chi connectivity index (χ3n) is 2.98. The summed E-state index contributed by atoms with van der Waals surface area (Å²) in [5.41, 5.74) is 0. The minimum Gasteiger partial charge on any atom is -0.314 e. The van der Waals surface area contributed by atoms with Gasteiger partial charge in [0.1, 0.15) is 0 Å². The maximum atomic E-state index is 3.56. The number of unbranched alkanes of at least 4 members (excludes halogenated alkanes) is 2. The summed E-state index contributed by atoms with van der Waals surface area (Å²) in [7, 11) is 0. The van der Waals surface area contributed by atoms with Crippen molar-refractivity contribution >= 4 is 11.8 Å². The maximum Gasteiger partial charge on any atom is 0.00778 e. The van der Waals surface area contributed by atoms with Crippen LogP contribution in [0.25, 0.3) is 0 Å². The summed E-state index contributed by atoms with van der Waals surface area (Å²) >= 11 is 2.21. The molecule has 0 heterocycles. The molecule has 2 heteroatoms. The summed E-state index contributed by atoms with van der Waals surface area (Å²) in [6, 6.07) is 0.823. The van der Waals surface area contributed by atoms with Gasteiger partial charge in [0.05, 0.1) is 0 Å². The highest BCUT2D eigenvalue weighted by Gasteiger charge is 2.23. The topological polar surface area (TPSA) is 12.0 Å². The van der Waals surface area contributed by atoms with E-state index in [9.17, 15) is 0 Å². The van der Waals surface area contributed by atoms with E-state index in [1.165, 1.54) is 44.3 Å². The standard InChI is InChI=1S/C12H25NS/c1-3-5-6-9-14-12-8-7-11(10-12)13-4-2/h11-13H,3-10H2,1-2H3. The molecule has 1 nitrogen and oxygen atoms in total. The fourth-order valence-corrected chi connectivity index (χ4v) is 3.54. The molecule has 1 N–H and O–H groups in total.